The molecule has 4 heteroatoms. The summed E-state index contributed by atoms with van der Waals surface area (Å²) < 4.78 is 15.2. The maximum atomic E-state index is 5.24. The van der Waals surface area contributed by atoms with Crippen molar-refractivity contribution in [2.24, 2.45) is 0 Å². The highest BCUT2D eigenvalue weighted by atomic mass is 16.5. The first-order valence-electron chi connectivity index (χ1n) is 4.40. The van der Waals surface area contributed by atoms with E-state index in [0.29, 0.717) is 33.0 Å². The van der Waals surface area contributed by atoms with Crippen molar-refractivity contribution in [3.05, 3.63) is 12.8 Å². The van der Waals surface area contributed by atoms with Crippen LogP contribution in [0.3, 0.4) is 0 Å². The van der Waals surface area contributed by atoms with Crippen LogP contribution in [-0.4, -0.2) is 46.7 Å². The topological polar surface area (TPSA) is 39.7 Å². The average molecular weight is 189 g/mol. The second-order valence-corrected chi connectivity index (χ2v) is 2.38. The van der Waals surface area contributed by atoms with Crippen LogP contribution in [0.1, 0.15) is 0 Å². The molecule has 13 heavy (non-hydrogen) atoms. The van der Waals surface area contributed by atoms with E-state index in [9.17, 15) is 0 Å². The van der Waals surface area contributed by atoms with Gasteiger partial charge in [-0.3, -0.25) is 0 Å². The Morgan fingerprint density at radius 3 is 2.31 bits per heavy atom. The van der Waals surface area contributed by atoms with Gasteiger partial charge < -0.3 is 19.5 Å². The zero-order valence-corrected chi connectivity index (χ0v) is 8.25. The van der Waals surface area contributed by atoms with Crippen LogP contribution < -0.4 is 5.32 Å². The molecule has 0 aliphatic carbocycles. The molecule has 0 heterocycles. The number of ether oxygens (including phenoxy) is 3. The number of nitrogens with one attached hydrogen (secondary N) is 1. The van der Waals surface area contributed by atoms with Crippen LogP contribution in [0.25, 0.3) is 0 Å². The Balaban J connectivity index is 2.79. The largest absolute Gasteiger partial charge is 0.389 e. The predicted octanol–water partition coefficient (Wildman–Crippen LogP) is 0.399. The Hall–Kier alpha value is -0.580. The molecule has 0 bridgehead atoms. The molecule has 0 saturated heterocycles. The zero-order valence-electron chi connectivity index (χ0n) is 8.25. The summed E-state index contributed by atoms with van der Waals surface area (Å²) in [5.74, 6) is 0. The summed E-state index contributed by atoms with van der Waals surface area (Å²) in [4.78, 5) is 0. The quantitative estimate of drug-likeness (QED) is 0.505. The lowest BCUT2D eigenvalue weighted by molar-refractivity contribution is 0.0260. The average Bonchev–Trinajstić information content (AvgIpc) is 2.16. The summed E-state index contributed by atoms with van der Waals surface area (Å²) >= 11 is 0. The molecule has 0 aromatic rings. The van der Waals surface area contributed by atoms with Crippen molar-refractivity contribution in [2.75, 3.05) is 46.7 Å². The molecule has 0 atom stereocenters. The fourth-order valence-corrected chi connectivity index (χ4v) is 0.697. The second kappa shape index (κ2) is 11.4. The molecule has 0 aliphatic heterocycles. The molecular formula is C9H19NO3. The first-order chi connectivity index (χ1) is 6.41. The number of hydrogen-bond donors (Lipinski definition) is 1. The van der Waals surface area contributed by atoms with Crippen molar-refractivity contribution < 1.29 is 14.2 Å². The fourth-order valence-electron chi connectivity index (χ4n) is 0.697. The van der Waals surface area contributed by atoms with Crippen LogP contribution in [-0.2, 0) is 14.2 Å². The van der Waals surface area contributed by atoms with E-state index in [-0.39, 0.29) is 0 Å². The third-order valence-electron chi connectivity index (χ3n) is 1.34. The van der Waals surface area contributed by atoms with Crippen LogP contribution in [0.15, 0.2) is 12.8 Å². The molecule has 78 valence electrons. The summed E-state index contributed by atoms with van der Waals surface area (Å²) in [6.07, 6.45) is 1.65. The molecule has 4 nitrogen and oxygen atoms in total. The van der Waals surface area contributed by atoms with Crippen LogP contribution in [0.4, 0.5) is 0 Å². The van der Waals surface area contributed by atoms with Gasteiger partial charge in [0.2, 0.25) is 0 Å². The number of hydrogen-bond acceptors (Lipinski definition) is 4. The minimum Gasteiger partial charge on any atom is -0.389 e. The lowest BCUT2D eigenvalue weighted by atomic mass is 10.6. The van der Waals surface area contributed by atoms with Gasteiger partial charge in [-0.1, -0.05) is 6.58 Å². The monoisotopic (exact) mass is 189 g/mol. The van der Waals surface area contributed by atoms with E-state index in [1.54, 1.807) is 13.3 Å². The normalized spacial score (nSPS) is 9.92. The first-order valence-corrected chi connectivity index (χ1v) is 4.40. The molecular weight excluding hydrogens is 170 g/mol. The summed E-state index contributed by atoms with van der Waals surface area (Å²) in [5.41, 5.74) is 0. The van der Waals surface area contributed by atoms with Gasteiger partial charge in [0.05, 0.1) is 33.0 Å². The summed E-state index contributed by atoms with van der Waals surface area (Å²) in [6, 6.07) is 0. The van der Waals surface area contributed by atoms with Gasteiger partial charge in [-0.15, -0.1) is 0 Å². The van der Waals surface area contributed by atoms with Crippen LogP contribution in [0.5, 0.6) is 0 Å². The second-order valence-electron chi connectivity index (χ2n) is 2.38. The third-order valence-corrected chi connectivity index (χ3v) is 1.34. The predicted molar refractivity (Wildman–Crippen MR) is 51.7 cm³/mol. The molecule has 0 fully saturated rings. The highest BCUT2D eigenvalue weighted by Gasteiger charge is 1.88. The Kier molecular flexibility index (Phi) is 10.9. The zero-order chi connectivity index (χ0) is 9.78. The van der Waals surface area contributed by atoms with Crippen LogP contribution in [0, 0.1) is 0 Å². The molecule has 0 aromatic carbocycles. The first kappa shape index (κ1) is 12.4. The smallest absolute Gasteiger partial charge is 0.0701 e. The van der Waals surface area contributed by atoms with E-state index >= 15 is 0 Å². The Morgan fingerprint density at radius 2 is 1.69 bits per heavy atom. The minimum absolute atomic E-state index is 0.622. The Bertz CT molecular complexity index is 109. The van der Waals surface area contributed by atoms with Gasteiger partial charge >= 0.3 is 0 Å². The molecule has 0 radical (unpaired) electrons. The molecule has 0 aliphatic rings. The van der Waals surface area contributed by atoms with Gasteiger partial charge in [0.1, 0.15) is 0 Å². The summed E-state index contributed by atoms with van der Waals surface area (Å²) in [5, 5.41) is 2.94. The summed E-state index contributed by atoms with van der Waals surface area (Å²) in [7, 11) is 1.65. The number of methoxy groups -OCH3 is 1. The highest BCUT2D eigenvalue weighted by Crippen LogP contribution is 1.78. The maximum absolute atomic E-state index is 5.24. The van der Waals surface area contributed by atoms with Gasteiger partial charge in [-0.2, -0.15) is 0 Å². The summed E-state index contributed by atoms with van der Waals surface area (Å²) in [6.45, 7) is 7.51. The Labute approximate surface area is 79.9 Å². The van der Waals surface area contributed by atoms with E-state index in [0.717, 1.165) is 6.54 Å². The fraction of sp³-hybridized carbons (Fsp3) is 0.778. The molecule has 0 saturated carbocycles. The molecule has 0 rings (SSSR count). The SMILES string of the molecule is C=CNCCOCCOCCOC. The molecule has 0 spiro atoms. The van der Waals surface area contributed by atoms with Gasteiger partial charge in [-0.05, 0) is 6.20 Å². The van der Waals surface area contributed by atoms with E-state index in [1.807, 2.05) is 0 Å². The molecule has 0 amide bonds. The van der Waals surface area contributed by atoms with E-state index < -0.39 is 0 Å². The molecule has 0 unspecified atom stereocenters. The van der Waals surface area contributed by atoms with Crippen molar-refractivity contribution in [2.45, 2.75) is 0 Å². The Morgan fingerprint density at radius 1 is 1.08 bits per heavy atom. The van der Waals surface area contributed by atoms with Crippen molar-refractivity contribution >= 4 is 0 Å². The van der Waals surface area contributed by atoms with E-state index in [1.165, 1.54) is 0 Å². The van der Waals surface area contributed by atoms with Crippen molar-refractivity contribution in [1.29, 1.82) is 0 Å². The van der Waals surface area contributed by atoms with E-state index in [2.05, 4.69) is 11.9 Å². The van der Waals surface area contributed by atoms with Crippen LogP contribution in [0.2, 0.25) is 0 Å². The molecule has 1 N–H and O–H groups in total. The van der Waals surface area contributed by atoms with Crippen molar-refractivity contribution in [3.63, 3.8) is 0 Å². The maximum Gasteiger partial charge on any atom is 0.0701 e. The lowest BCUT2D eigenvalue weighted by Crippen LogP contribution is -2.15. The van der Waals surface area contributed by atoms with Crippen LogP contribution >= 0.6 is 0 Å². The number of rotatable bonds is 10. The van der Waals surface area contributed by atoms with Crippen molar-refractivity contribution in [1.82, 2.24) is 5.32 Å². The third kappa shape index (κ3) is 11.4. The minimum atomic E-state index is 0.622. The van der Waals surface area contributed by atoms with E-state index in [4.69, 9.17) is 14.2 Å². The van der Waals surface area contributed by atoms with Crippen molar-refractivity contribution in [3.8, 4) is 0 Å². The standard InChI is InChI=1S/C9H19NO3/c1-3-10-4-5-12-8-9-13-7-6-11-2/h3,10H,1,4-9H2,2H3. The highest BCUT2D eigenvalue weighted by molar-refractivity contribution is 4.61. The van der Waals surface area contributed by atoms with Gasteiger partial charge in [-0.25, -0.2) is 0 Å². The van der Waals surface area contributed by atoms with Gasteiger partial charge in [0, 0.05) is 13.7 Å². The molecule has 0 aromatic heterocycles. The van der Waals surface area contributed by atoms with Gasteiger partial charge in [0.15, 0.2) is 0 Å². The van der Waals surface area contributed by atoms with Gasteiger partial charge in [0.25, 0.3) is 0 Å². The lowest BCUT2D eigenvalue weighted by Gasteiger charge is -2.05.